The van der Waals surface area contributed by atoms with Crippen molar-refractivity contribution in [1.29, 1.82) is 0 Å². The quantitative estimate of drug-likeness (QED) is 0.712. The van der Waals surface area contributed by atoms with Crippen molar-refractivity contribution in [3.8, 4) is 0 Å². The van der Waals surface area contributed by atoms with E-state index < -0.39 is 5.54 Å². The molecule has 0 spiro atoms. The van der Waals surface area contributed by atoms with E-state index in [9.17, 15) is 4.79 Å². The number of rotatable bonds is 4. The first-order valence-corrected chi connectivity index (χ1v) is 6.10. The summed E-state index contributed by atoms with van der Waals surface area (Å²) in [5.41, 5.74) is -0.636. The Morgan fingerprint density at radius 1 is 1.28 bits per heavy atom. The largest absolute Gasteiger partial charge is 0.301 e. The zero-order valence-electron chi connectivity index (χ0n) is 10.7. The molecule has 0 aromatic heterocycles. The zero-order valence-corrected chi connectivity index (χ0v) is 10.7. The van der Waals surface area contributed by atoms with E-state index in [2.05, 4.69) is 9.98 Å². The SMILES string of the molecule is C/C=C/CC1(C/C=C/C)C(=O)N=C2N=CC=CN21. The van der Waals surface area contributed by atoms with Gasteiger partial charge in [-0.15, -0.1) is 0 Å². The van der Waals surface area contributed by atoms with Crippen molar-refractivity contribution in [2.75, 3.05) is 0 Å². The van der Waals surface area contributed by atoms with Crippen molar-refractivity contribution in [3.05, 3.63) is 36.6 Å². The van der Waals surface area contributed by atoms with E-state index in [0.29, 0.717) is 18.8 Å². The van der Waals surface area contributed by atoms with Crippen molar-refractivity contribution >= 4 is 18.1 Å². The number of allylic oxidation sites excluding steroid dienone is 3. The van der Waals surface area contributed by atoms with Crippen LogP contribution in [0, 0.1) is 0 Å². The Hall–Kier alpha value is -1.97. The Bertz CT molecular complexity index is 469. The first-order chi connectivity index (χ1) is 8.74. The summed E-state index contributed by atoms with van der Waals surface area (Å²) >= 11 is 0. The minimum atomic E-state index is -0.636. The number of nitrogens with zero attached hydrogens (tertiary/aromatic N) is 3. The van der Waals surface area contributed by atoms with Crippen molar-refractivity contribution in [1.82, 2.24) is 4.90 Å². The molecule has 18 heavy (non-hydrogen) atoms. The van der Waals surface area contributed by atoms with Crippen LogP contribution in [0.2, 0.25) is 0 Å². The molecule has 94 valence electrons. The minimum absolute atomic E-state index is 0.114. The fourth-order valence-electron chi connectivity index (χ4n) is 2.16. The van der Waals surface area contributed by atoms with Crippen LogP contribution in [0.25, 0.3) is 0 Å². The van der Waals surface area contributed by atoms with Crippen LogP contribution in [0.3, 0.4) is 0 Å². The van der Waals surface area contributed by atoms with Crippen molar-refractivity contribution in [2.24, 2.45) is 9.98 Å². The second-order valence-electron chi connectivity index (χ2n) is 4.28. The molecule has 2 heterocycles. The molecule has 0 atom stereocenters. The van der Waals surface area contributed by atoms with Crippen LogP contribution >= 0.6 is 0 Å². The highest BCUT2D eigenvalue weighted by molar-refractivity contribution is 6.10. The molecule has 0 radical (unpaired) electrons. The maximum atomic E-state index is 12.3. The highest BCUT2D eigenvalue weighted by atomic mass is 16.2. The number of hydrogen-bond acceptors (Lipinski definition) is 3. The van der Waals surface area contributed by atoms with Gasteiger partial charge in [0, 0.05) is 12.4 Å². The molecular formula is C14H17N3O. The van der Waals surface area contributed by atoms with Gasteiger partial charge in [-0.05, 0) is 32.8 Å². The summed E-state index contributed by atoms with van der Waals surface area (Å²) in [6.07, 6.45) is 14.6. The maximum Gasteiger partial charge on any atom is 0.275 e. The molecule has 2 rings (SSSR count). The van der Waals surface area contributed by atoms with Crippen LogP contribution in [0.15, 0.2) is 46.6 Å². The lowest BCUT2D eigenvalue weighted by atomic mass is 9.89. The molecule has 4 nitrogen and oxygen atoms in total. The van der Waals surface area contributed by atoms with Crippen LogP contribution in [-0.2, 0) is 4.79 Å². The third-order valence-corrected chi connectivity index (χ3v) is 3.17. The van der Waals surface area contributed by atoms with Crippen LogP contribution in [0.1, 0.15) is 26.7 Å². The van der Waals surface area contributed by atoms with Gasteiger partial charge < -0.3 is 4.90 Å². The van der Waals surface area contributed by atoms with Crippen molar-refractivity contribution in [2.45, 2.75) is 32.2 Å². The lowest BCUT2D eigenvalue weighted by Crippen LogP contribution is -2.48. The first-order valence-electron chi connectivity index (χ1n) is 6.10. The first kappa shape index (κ1) is 12.5. The van der Waals surface area contributed by atoms with Gasteiger partial charge in [0.25, 0.3) is 5.91 Å². The molecule has 1 amide bonds. The lowest BCUT2D eigenvalue weighted by molar-refractivity contribution is -0.124. The Balaban J connectivity index is 2.37. The van der Waals surface area contributed by atoms with Crippen LogP contribution < -0.4 is 0 Å². The number of amides is 1. The van der Waals surface area contributed by atoms with Crippen molar-refractivity contribution in [3.63, 3.8) is 0 Å². The molecule has 0 aromatic carbocycles. The summed E-state index contributed by atoms with van der Waals surface area (Å²) in [6.45, 7) is 3.91. The third-order valence-electron chi connectivity index (χ3n) is 3.17. The summed E-state index contributed by atoms with van der Waals surface area (Å²) in [6, 6.07) is 0. The summed E-state index contributed by atoms with van der Waals surface area (Å²) in [4.78, 5) is 22.4. The second-order valence-corrected chi connectivity index (χ2v) is 4.28. The highest BCUT2D eigenvalue weighted by Crippen LogP contribution is 2.34. The summed E-state index contributed by atoms with van der Waals surface area (Å²) in [5.74, 6) is 0.383. The van der Waals surface area contributed by atoms with Gasteiger partial charge in [0.15, 0.2) is 0 Å². The monoisotopic (exact) mass is 243 g/mol. The van der Waals surface area contributed by atoms with Gasteiger partial charge in [-0.2, -0.15) is 4.99 Å². The Morgan fingerprint density at radius 2 is 1.94 bits per heavy atom. The Morgan fingerprint density at radius 3 is 2.56 bits per heavy atom. The number of hydrogen-bond donors (Lipinski definition) is 0. The molecule has 0 aliphatic carbocycles. The standard InChI is InChI=1S/C14H17N3O/c1-3-5-8-14(9-6-4-2)12(18)16-13-15-10-7-11-17(13)14/h3-7,10-11H,8-9H2,1-2H3/b5-3+,6-4+. The van der Waals surface area contributed by atoms with Gasteiger partial charge in [0.05, 0.1) is 0 Å². The second kappa shape index (κ2) is 5.12. The fraction of sp³-hybridized carbons (Fsp3) is 0.357. The predicted octanol–water partition coefficient (Wildman–Crippen LogP) is 2.45. The van der Waals surface area contributed by atoms with E-state index in [-0.39, 0.29) is 5.91 Å². The molecule has 0 N–H and O–H groups in total. The van der Waals surface area contributed by atoms with Crippen molar-refractivity contribution < 1.29 is 4.79 Å². The Kier molecular flexibility index (Phi) is 3.55. The molecule has 2 aliphatic rings. The molecule has 0 unspecified atom stereocenters. The van der Waals surface area contributed by atoms with Crippen LogP contribution in [0.4, 0.5) is 0 Å². The topological polar surface area (TPSA) is 45.0 Å². The van der Waals surface area contributed by atoms with Gasteiger partial charge >= 0.3 is 0 Å². The fourth-order valence-corrected chi connectivity index (χ4v) is 2.16. The third kappa shape index (κ3) is 1.94. The van der Waals surface area contributed by atoms with Gasteiger partial charge in [0.1, 0.15) is 5.54 Å². The van der Waals surface area contributed by atoms with E-state index in [1.54, 1.807) is 6.21 Å². The molecule has 0 aromatic rings. The number of fused-ring (bicyclic) bond motifs is 1. The molecular weight excluding hydrogens is 226 g/mol. The minimum Gasteiger partial charge on any atom is -0.301 e. The average molecular weight is 243 g/mol. The number of carbonyl (C=O) groups excluding carboxylic acids is 1. The smallest absolute Gasteiger partial charge is 0.275 e. The van der Waals surface area contributed by atoms with Gasteiger partial charge in [0.2, 0.25) is 5.96 Å². The van der Waals surface area contributed by atoms with E-state index in [0.717, 1.165) is 0 Å². The highest BCUT2D eigenvalue weighted by Gasteiger charge is 2.48. The molecule has 0 fully saturated rings. The van der Waals surface area contributed by atoms with Crippen LogP contribution in [0.5, 0.6) is 0 Å². The van der Waals surface area contributed by atoms with Gasteiger partial charge in [-0.3, -0.25) is 4.79 Å². The molecule has 0 saturated heterocycles. The number of aliphatic imine (C=N–C) groups is 2. The Labute approximate surface area is 107 Å². The maximum absolute atomic E-state index is 12.3. The molecule has 2 aliphatic heterocycles. The summed E-state index contributed by atoms with van der Waals surface area (Å²) in [5, 5.41) is 0. The number of carbonyl (C=O) groups is 1. The van der Waals surface area contributed by atoms with Crippen LogP contribution in [-0.4, -0.2) is 28.5 Å². The van der Waals surface area contributed by atoms with E-state index in [1.807, 2.05) is 55.3 Å². The summed E-state index contributed by atoms with van der Waals surface area (Å²) in [7, 11) is 0. The zero-order chi connectivity index (χ0) is 13.0. The van der Waals surface area contributed by atoms with E-state index in [1.165, 1.54) is 0 Å². The average Bonchev–Trinajstić information content (AvgIpc) is 2.67. The van der Waals surface area contributed by atoms with E-state index >= 15 is 0 Å². The normalized spacial score (nSPS) is 21.1. The predicted molar refractivity (Wildman–Crippen MR) is 73.5 cm³/mol. The molecule has 0 saturated carbocycles. The van der Waals surface area contributed by atoms with E-state index in [4.69, 9.17) is 0 Å². The number of guanidine groups is 1. The van der Waals surface area contributed by atoms with Gasteiger partial charge in [-0.1, -0.05) is 24.3 Å². The molecule has 4 heteroatoms. The molecule has 0 bridgehead atoms. The lowest BCUT2D eigenvalue weighted by Gasteiger charge is -2.34. The van der Waals surface area contributed by atoms with Gasteiger partial charge in [-0.25, -0.2) is 4.99 Å². The summed E-state index contributed by atoms with van der Waals surface area (Å²) < 4.78 is 0.